The van der Waals surface area contributed by atoms with E-state index in [2.05, 4.69) is 15.6 Å². The van der Waals surface area contributed by atoms with Crippen molar-refractivity contribution >= 4 is 35.8 Å². The Kier molecular flexibility index (Phi) is 9.96. The SMILES string of the molecule is CCNC(=NCc1cccc(OCC(N)=O)c1)NCC(C)(O)c1ccc(C)o1.I. The molecule has 0 bridgehead atoms. The molecule has 5 N–H and O–H groups in total. The Balaban J connectivity index is 0.00000420. The van der Waals surface area contributed by atoms with Crippen LogP contribution in [0.25, 0.3) is 0 Å². The summed E-state index contributed by atoms with van der Waals surface area (Å²) in [6.45, 7) is 6.61. The first-order valence-corrected chi connectivity index (χ1v) is 9.11. The standard InChI is InChI=1S/C20H28N4O4.HI/c1-4-22-19(24-13-20(3,26)17-9-8-14(2)28-17)23-11-15-6-5-7-16(10-15)27-12-18(21)25;/h5-10,26H,4,11-13H2,1-3H3,(H2,21,25)(H2,22,23,24);1H. The van der Waals surface area contributed by atoms with Crippen LogP contribution < -0.4 is 21.1 Å². The second kappa shape index (κ2) is 11.7. The maximum Gasteiger partial charge on any atom is 0.255 e. The number of nitrogens with zero attached hydrogens (tertiary/aromatic N) is 1. The van der Waals surface area contributed by atoms with E-state index in [4.69, 9.17) is 14.9 Å². The number of nitrogens with one attached hydrogen (secondary N) is 2. The van der Waals surface area contributed by atoms with Gasteiger partial charge in [0.15, 0.2) is 12.6 Å². The first-order chi connectivity index (χ1) is 13.3. The molecule has 0 aliphatic carbocycles. The Bertz CT molecular complexity index is 820. The van der Waals surface area contributed by atoms with E-state index in [0.717, 1.165) is 11.3 Å². The number of carbonyl (C=O) groups excluding carboxylic acids is 1. The monoisotopic (exact) mass is 516 g/mol. The van der Waals surface area contributed by atoms with Crippen LogP contribution in [0.4, 0.5) is 0 Å². The lowest BCUT2D eigenvalue weighted by Gasteiger charge is -2.22. The molecule has 0 saturated heterocycles. The predicted molar refractivity (Wildman–Crippen MR) is 122 cm³/mol. The number of hydrogen-bond acceptors (Lipinski definition) is 5. The van der Waals surface area contributed by atoms with Crippen LogP contribution in [0.3, 0.4) is 0 Å². The summed E-state index contributed by atoms with van der Waals surface area (Å²) in [5.41, 5.74) is 4.83. The molecule has 1 aromatic heterocycles. The third kappa shape index (κ3) is 8.32. The first-order valence-electron chi connectivity index (χ1n) is 9.11. The van der Waals surface area contributed by atoms with Crippen molar-refractivity contribution < 1.29 is 19.1 Å². The van der Waals surface area contributed by atoms with Gasteiger partial charge in [-0.25, -0.2) is 4.99 Å². The molecule has 0 aliphatic heterocycles. The summed E-state index contributed by atoms with van der Waals surface area (Å²) >= 11 is 0. The zero-order valence-corrected chi connectivity index (χ0v) is 19.2. The smallest absolute Gasteiger partial charge is 0.255 e. The number of furan rings is 1. The van der Waals surface area contributed by atoms with Crippen LogP contribution in [0.2, 0.25) is 0 Å². The topological polar surface area (TPSA) is 122 Å². The molecule has 1 aromatic carbocycles. The molecule has 0 saturated carbocycles. The lowest BCUT2D eigenvalue weighted by atomic mass is 10.0. The zero-order chi connectivity index (χ0) is 20.6. The molecule has 2 rings (SSSR count). The molecule has 29 heavy (non-hydrogen) atoms. The molecule has 0 aliphatic rings. The van der Waals surface area contributed by atoms with E-state index in [1.807, 2.05) is 32.0 Å². The van der Waals surface area contributed by atoms with E-state index in [1.54, 1.807) is 25.1 Å². The molecule has 1 atom stereocenters. The van der Waals surface area contributed by atoms with Gasteiger partial charge in [-0.05, 0) is 50.6 Å². The molecule has 0 fully saturated rings. The van der Waals surface area contributed by atoms with E-state index >= 15 is 0 Å². The maximum atomic E-state index is 10.8. The molecule has 160 valence electrons. The number of hydrogen-bond donors (Lipinski definition) is 4. The number of rotatable bonds is 9. The van der Waals surface area contributed by atoms with Crippen LogP contribution in [-0.2, 0) is 16.9 Å². The summed E-state index contributed by atoms with van der Waals surface area (Å²) in [5.74, 6) is 1.83. The fourth-order valence-corrected chi connectivity index (χ4v) is 2.47. The third-order valence-electron chi connectivity index (χ3n) is 3.91. The van der Waals surface area contributed by atoms with Crippen molar-refractivity contribution in [3.8, 4) is 5.75 Å². The van der Waals surface area contributed by atoms with Gasteiger partial charge in [0.05, 0.1) is 13.1 Å². The van der Waals surface area contributed by atoms with Gasteiger partial charge in [0, 0.05) is 6.54 Å². The molecule has 0 radical (unpaired) electrons. The van der Waals surface area contributed by atoms with Crippen molar-refractivity contribution in [3.05, 3.63) is 53.5 Å². The van der Waals surface area contributed by atoms with E-state index in [-0.39, 0.29) is 37.1 Å². The minimum atomic E-state index is -1.17. The third-order valence-corrected chi connectivity index (χ3v) is 3.91. The highest BCUT2D eigenvalue weighted by atomic mass is 127. The number of aliphatic hydroxyl groups is 1. The van der Waals surface area contributed by atoms with Crippen molar-refractivity contribution in [2.24, 2.45) is 10.7 Å². The lowest BCUT2D eigenvalue weighted by Crippen LogP contribution is -2.44. The molecule has 1 heterocycles. The van der Waals surface area contributed by atoms with Crippen molar-refractivity contribution in [1.82, 2.24) is 10.6 Å². The van der Waals surface area contributed by atoms with Crippen LogP contribution in [0, 0.1) is 6.92 Å². The Hall–Kier alpha value is -2.27. The van der Waals surface area contributed by atoms with Gasteiger partial charge >= 0.3 is 0 Å². The van der Waals surface area contributed by atoms with Gasteiger partial charge in [0.25, 0.3) is 5.91 Å². The first kappa shape index (κ1) is 24.8. The largest absolute Gasteiger partial charge is 0.484 e. The Morgan fingerprint density at radius 2 is 2.07 bits per heavy atom. The van der Waals surface area contributed by atoms with Gasteiger partial charge < -0.3 is 30.6 Å². The number of benzene rings is 1. The summed E-state index contributed by atoms with van der Waals surface area (Å²) in [6.07, 6.45) is 0. The van der Waals surface area contributed by atoms with Crippen LogP contribution in [0.1, 0.15) is 30.9 Å². The van der Waals surface area contributed by atoms with Gasteiger partial charge in [-0.2, -0.15) is 0 Å². The molecule has 2 aromatic rings. The number of ether oxygens (including phenoxy) is 1. The van der Waals surface area contributed by atoms with E-state index in [9.17, 15) is 9.90 Å². The van der Waals surface area contributed by atoms with Gasteiger partial charge in [-0.15, -0.1) is 24.0 Å². The van der Waals surface area contributed by atoms with Crippen molar-refractivity contribution in [1.29, 1.82) is 0 Å². The average molecular weight is 516 g/mol. The molecule has 9 heteroatoms. The van der Waals surface area contributed by atoms with E-state index in [0.29, 0.717) is 30.6 Å². The molecular weight excluding hydrogens is 487 g/mol. The second-order valence-electron chi connectivity index (χ2n) is 6.64. The summed E-state index contributed by atoms with van der Waals surface area (Å²) in [4.78, 5) is 15.4. The van der Waals surface area contributed by atoms with Crippen LogP contribution in [-0.4, -0.2) is 36.7 Å². The number of carbonyl (C=O) groups is 1. The van der Waals surface area contributed by atoms with E-state index in [1.165, 1.54) is 0 Å². The number of nitrogens with two attached hydrogens (primary N) is 1. The summed E-state index contributed by atoms with van der Waals surface area (Å²) in [7, 11) is 0. The van der Waals surface area contributed by atoms with Gasteiger partial charge in [0.2, 0.25) is 0 Å². The Morgan fingerprint density at radius 1 is 1.31 bits per heavy atom. The normalized spacial score (nSPS) is 13.2. The number of aliphatic imine (C=N–C) groups is 1. The summed E-state index contributed by atoms with van der Waals surface area (Å²) in [5, 5.41) is 16.9. The second-order valence-corrected chi connectivity index (χ2v) is 6.64. The van der Waals surface area contributed by atoms with Crippen molar-refractivity contribution in [3.63, 3.8) is 0 Å². The highest BCUT2D eigenvalue weighted by Crippen LogP contribution is 2.22. The Labute approximate surface area is 187 Å². The minimum Gasteiger partial charge on any atom is -0.484 e. The Morgan fingerprint density at radius 3 is 2.69 bits per heavy atom. The van der Waals surface area contributed by atoms with Gasteiger partial charge in [0.1, 0.15) is 22.9 Å². The molecular formula is C20H29IN4O4. The van der Waals surface area contributed by atoms with Gasteiger partial charge in [-0.1, -0.05) is 12.1 Å². The minimum absolute atomic E-state index is 0. The number of guanidine groups is 1. The molecule has 1 amide bonds. The van der Waals surface area contributed by atoms with Crippen LogP contribution >= 0.6 is 24.0 Å². The van der Waals surface area contributed by atoms with Gasteiger partial charge in [-0.3, -0.25) is 4.79 Å². The maximum absolute atomic E-state index is 10.8. The lowest BCUT2D eigenvalue weighted by molar-refractivity contribution is -0.119. The number of halogens is 1. The quantitative estimate of drug-likeness (QED) is 0.230. The molecule has 1 unspecified atom stereocenters. The predicted octanol–water partition coefficient (Wildman–Crippen LogP) is 2.03. The molecule has 8 nitrogen and oxygen atoms in total. The van der Waals surface area contributed by atoms with Crippen LogP contribution in [0.5, 0.6) is 5.75 Å². The number of aryl methyl sites for hydroxylation is 1. The van der Waals surface area contributed by atoms with Crippen LogP contribution in [0.15, 0.2) is 45.8 Å². The highest BCUT2D eigenvalue weighted by molar-refractivity contribution is 14.0. The van der Waals surface area contributed by atoms with Crippen molar-refractivity contribution in [2.45, 2.75) is 32.9 Å². The number of amides is 1. The zero-order valence-electron chi connectivity index (χ0n) is 16.9. The van der Waals surface area contributed by atoms with E-state index < -0.39 is 11.5 Å². The van der Waals surface area contributed by atoms with Crippen molar-refractivity contribution in [2.75, 3.05) is 19.7 Å². The number of primary amides is 1. The summed E-state index contributed by atoms with van der Waals surface area (Å²) in [6, 6.07) is 10.9. The summed E-state index contributed by atoms with van der Waals surface area (Å²) < 4.78 is 10.8. The highest BCUT2D eigenvalue weighted by Gasteiger charge is 2.27. The average Bonchev–Trinajstić information content (AvgIpc) is 3.10. The fourth-order valence-electron chi connectivity index (χ4n) is 2.47. The fraction of sp³-hybridized carbons (Fsp3) is 0.400. The molecule has 0 spiro atoms.